The van der Waals surface area contributed by atoms with Crippen molar-refractivity contribution in [3.8, 4) is 0 Å². The number of nitrogens with zero attached hydrogens (tertiary/aromatic N) is 1. The van der Waals surface area contributed by atoms with E-state index < -0.39 is 0 Å². The first kappa shape index (κ1) is 119. The third-order valence-electron chi connectivity index (χ3n) is 5.17. The third-order valence-corrected chi connectivity index (χ3v) is 155. The highest BCUT2D eigenvalue weighted by Crippen LogP contribution is 2.35. The Balaban J connectivity index is -0.00000135. The molecule has 1 aromatic rings. The molecule has 590 valence electrons. The summed E-state index contributed by atoms with van der Waals surface area (Å²) in [5.74, 6) is 2.40. The Kier molecular flexibility index (Phi) is 137. The van der Waals surface area contributed by atoms with Crippen molar-refractivity contribution in [2.75, 3.05) is 24.7 Å². The molecule has 3 nitrogen and oxygen atoms in total. The van der Waals surface area contributed by atoms with Gasteiger partial charge in [-0.1, -0.05) is 84.9 Å². The molecule has 0 radical (unpaired) electrons. The second kappa shape index (κ2) is 114. The first-order chi connectivity index (χ1) is 48.8. The van der Waals surface area contributed by atoms with Crippen LogP contribution in [-0.2, 0) is 640 Å². The van der Waals surface area contributed by atoms with E-state index in [1.54, 1.807) is 224 Å². The zero-order valence-electron chi connectivity index (χ0n) is 46.8. The van der Waals surface area contributed by atoms with Gasteiger partial charge in [-0.2, -0.15) is 0 Å². The van der Waals surface area contributed by atoms with E-state index in [0.29, 0.717) is 18.0 Å². The number of unbranched alkanes of at least 4 members (excludes halogenated alkanes) is 6. The summed E-state index contributed by atoms with van der Waals surface area (Å²) in [5.41, 5.74) is 0. The lowest BCUT2D eigenvalue weighted by atomic mass is 10.2. The molecule has 0 bridgehead atoms. The Bertz CT molecular complexity index is 5660. The lowest BCUT2D eigenvalue weighted by molar-refractivity contribution is 0.282. The number of hydrogen-bond acceptors (Lipinski definition) is 11. The molecule has 0 fully saturated rings. The Morgan fingerprint density at radius 1 is 0.263 bits per heavy atom. The third kappa shape index (κ3) is 123. The Hall–Kier alpha value is 16.1. The summed E-state index contributed by atoms with van der Waals surface area (Å²) >= 11 is 19.2. The molecule has 0 amide bonds. The largest absolute Gasteiger partial charge is 0.396 e. The molecule has 0 aliphatic heterocycles. The minimum absolute atomic E-state index is 0.329. The van der Waals surface area contributed by atoms with Crippen LogP contribution in [-0.4, -0.2) is 44.7 Å². The van der Waals surface area contributed by atoms with Gasteiger partial charge in [-0.05, 0) is 48.6 Å². The van der Waals surface area contributed by atoms with Gasteiger partial charge in [0.25, 0.3) is 0 Å². The van der Waals surface area contributed by atoms with E-state index in [4.69, 9.17) is 55.0 Å². The van der Waals surface area contributed by atoms with Crippen molar-refractivity contribution in [1.82, 2.24) is 4.98 Å². The van der Waals surface area contributed by atoms with Crippen LogP contribution >= 0.6 is 43.2 Å². The molecule has 99 heavy (non-hydrogen) atoms. The van der Waals surface area contributed by atoms with Gasteiger partial charge >= 0.3 is 0 Å². The van der Waals surface area contributed by atoms with Crippen LogP contribution in [0.4, 0.5) is 0 Å². The van der Waals surface area contributed by atoms with E-state index in [1.165, 1.54) is 73.4 Å². The van der Waals surface area contributed by atoms with E-state index in [2.05, 4.69) is 25.8 Å². The van der Waals surface area contributed by atoms with Gasteiger partial charge in [0.2, 0.25) is 0 Å². The zero-order valence-corrected chi connectivity index (χ0v) is 108. The van der Waals surface area contributed by atoms with Gasteiger partial charge in [0.15, 0.2) is 0 Å². The normalized spacial score (nSPS) is 8.66. The molecule has 78 heteroatoms. The molecule has 0 saturated carbocycles. The second-order valence-corrected chi connectivity index (χ2v) is 136. The first-order valence-corrected chi connectivity index (χ1v) is 118. The van der Waals surface area contributed by atoms with Gasteiger partial charge in [0.05, 0.1) is 0 Å². The van der Waals surface area contributed by atoms with E-state index in [-0.39, 0.29) is 0 Å². The molecule has 0 saturated heterocycles. The van der Waals surface area contributed by atoms with Crippen LogP contribution in [0.1, 0.15) is 72.1 Å². The Morgan fingerprint density at radius 3 is 0.626 bits per heavy atom. The molecule has 0 aromatic carbocycles. The number of rotatable bonds is 15. The van der Waals surface area contributed by atoms with Crippen LogP contribution in [0.5, 0.6) is 0 Å². The number of hydrogen-bond donors (Lipinski definition) is 2. The van der Waals surface area contributed by atoms with Crippen LogP contribution in [0, 0.1) is 0 Å². The number of aromatic nitrogens is 1. The van der Waals surface area contributed by atoms with Crippen molar-refractivity contribution in [3.63, 3.8) is 0 Å². The van der Waals surface area contributed by atoms with E-state index in [1.807, 2.05) is 403 Å². The molecular formula is C21H39NO2S75. The van der Waals surface area contributed by atoms with Crippen molar-refractivity contribution < 1.29 is 10.2 Å². The molecular weight excluding hydrogens is 2700 g/mol. The number of aliphatic hydroxyl groups is 2. The SMILES string of the molecule is CC(C)(C)SSCCCCCCO.OCCCCCCSSc1ccccn1.S=S=S=S=S=S=S=S=S=S=S=S=S=S=S=S=S=S=S=S=S=S=S=S=S=S=S=S=S=S=S=S=S=S=S.S=S=S=S=S=S=S=S=S=S=S=S=S=S=S=S=S=S=S=S=S=S=S=S=S=S=S=S=S=S=S=S=S=S=S=S. The highest BCUT2D eigenvalue weighted by atomic mass is 33.5. The van der Waals surface area contributed by atoms with E-state index in [0.717, 1.165) is 30.0 Å². The van der Waals surface area contributed by atoms with Crippen LogP contribution in [0.15, 0.2) is 29.4 Å². The summed E-state index contributed by atoms with van der Waals surface area (Å²) in [4.78, 5) is 4.24. The van der Waals surface area contributed by atoms with Crippen LogP contribution in [0.25, 0.3) is 0 Å². The second-order valence-electron chi connectivity index (χ2n) is 11.9. The maximum Gasteiger partial charge on any atom is 0.106 e. The predicted molar refractivity (Wildman–Crippen MR) is 656 cm³/mol. The summed E-state index contributed by atoms with van der Waals surface area (Å²) in [7, 11) is 126. The zero-order chi connectivity index (χ0) is 72.3. The van der Waals surface area contributed by atoms with Gasteiger partial charge < -0.3 is 10.2 Å². The minimum atomic E-state index is 0.329. The highest BCUT2D eigenvalue weighted by Gasteiger charge is 2.10. The number of pyridine rings is 1. The van der Waals surface area contributed by atoms with Crippen LogP contribution in [0.2, 0.25) is 0 Å². The molecule has 0 unspecified atom stereocenters. The van der Waals surface area contributed by atoms with Gasteiger partial charge in [-0.15, -0.1) is 0 Å². The van der Waals surface area contributed by atoms with E-state index >= 15 is 0 Å². The highest BCUT2D eigenvalue weighted by molar-refractivity contribution is 8.84. The van der Waals surface area contributed by atoms with Crippen molar-refractivity contribution in [1.29, 1.82) is 0 Å². The molecule has 0 aliphatic rings. The lowest BCUT2D eigenvalue weighted by Crippen LogP contribution is -2.04. The number of aliphatic hydroxyl groups excluding tert-OH is 2. The topological polar surface area (TPSA) is 53.4 Å². The molecule has 0 aliphatic carbocycles. The van der Waals surface area contributed by atoms with Crippen molar-refractivity contribution in [3.05, 3.63) is 24.4 Å². The van der Waals surface area contributed by atoms with Crippen LogP contribution in [0.3, 0.4) is 0 Å². The summed E-state index contributed by atoms with van der Waals surface area (Å²) in [6.45, 7) is 7.42. The maximum absolute atomic E-state index is 8.60. The summed E-state index contributed by atoms with van der Waals surface area (Å²) in [5, 5.41) is 18.2. The maximum atomic E-state index is 8.60. The monoisotopic (exact) mass is 2740 g/mol. The summed E-state index contributed by atoms with van der Waals surface area (Å²) < 4.78 is 0.385. The standard InChI is InChI=1S/C11H17NOS2.C10H22OS2.S36.S35/c13-9-5-1-2-6-10-14-15-11-7-3-4-8-12-11;1-10(2,3)13-12-9-7-5-4-6-8-11;1-3-5-7-9-11-13-15-17-19-21-23-25-27-29-31-33-35-36-34-32-30-28-26-24-22-20-18-16-14-12-10-8-6-4-2;1-3-5-7-9-11-13-15-17-19-21-23-25-27-29-31-33-35-34-32-30-28-26-24-22-20-18-16-14-12-10-8-6-4-2/h3-4,7-8,13H,1-2,5-6,9-10H2;11H,4-9H2,1-3H3;;. The predicted octanol–water partition coefficient (Wildman–Crippen LogP) is 6.92. The molecule has 2 N–H and O–H groups in total. The quantitative estimate of drug-likeness (QED) is 0.142. The van der Waals surface area contributed by atoms with Gasteiger partial charge in [-0.25, -0.2) is 4.98 Å². The smallest absolute Gasteiger partial charge is 0.106 e. The van der Waals surface area contributed by atoms with Crippen molar-refractivity contribution in [2.45, 2.75) is 81.9 Å². The Morgan fingerprint density at radius 2 is 0.455 bits per heavy atom. The van der Waals surface area contributed by atoms with Crippen LogP contribution < -0.4 is 0 Å². The fourth-order valence-corrected chi connectivity index (χ4v) is 180. The van der Waals surface area contributed by atoms with Crippen molar-refractivity contribution >= 4 is 683 Å². The minimum Gasteiger partial charge on any atom is -0.396 e. The van der Waals surface area contributed by atoms with E-state index in [9.17, 15) is 0 Å². The van der Waals surface area contributed by atoms with Gasteiger partial charge in [0.1, 0.15) is 5.03 Å². The fraction of sp³-hybridized carbons (Fsp3) is 0.762. The lowest BCUT2D eigenvalue weighted by Gasteiger charge is -2.15. The van der Waals surface area contributed by atoms with Crippen molar-refractivity contribution in [2.24, 2.45) is 0 Å². The molecule has 1 rings (SSSR count). The van der Waals surface area contributed by atoms with Gasteiger partial charge in [0, 0.05) is 675 Å². The summed E-state index contributed by atoms with van der Waals surface area (Å²) in [6, 6.07) is 5.98. The molecule has 1 heterocycles. The summed E-state index contributed by atoms with van der Waals surface area (Å²) in [6.07, 6.45) is 11.1. The first-order valence-electron chi connectivity index (χ1n) is 21.7. The Labute approximate surface area is 807 Å². The average molecular weight is 2740 g/mol. The average Bonchev–Trinajstić information content (AvgIpc) is 2.68. The molecule has 1 aromatic heterocycles. The van der Waals surface area contributed by atoms with Gasteiger partial charge in [-0.3, -0.25) is 0 Å². The fourth-order valence-electron chi connectivity index (χ4n) is 2.68. The molecule has 0 atom stereocenters. The molecule has 0 spiro atoms.